The maximum absolute atomic E-state index is 3.39. The van der Waals surface area contributed by atoms with E-state index < -0.39 is 0 Å². The summed E-state index contributed by atoms with van der Waals surface area (Å²) in [6, 6.07) is 2.96. The Balaban J connectivity index is 2.17. The van der Waals surface area contributed by atoms with Crippen LogP contribution in [0.15, 0.2) is 11.4 Å². The fourth-order valence-electron chi connectivity index (χ4n) is 1.17. The molecule has 2 rings (SSSR count). The van der Waals surface area contributed by atoms with Crippen molar-refractivity contribution in [3.05, 3.63) is 21.9 Å². The van der Waals surface area contributed by atoms with Crippen molar-refractivity contribution in [1.82, 2.24) is 5.32 Å². The number of thiophene rings is 1. The lowest BCUT2D eigenvalue weighted by molar-refractivity contribution is 0.389. The van der Waals surface area contributed by atoms with Crippen molar-refractivity contribution < 1.29 is 0 Å². The molecule has 1 nitrogen and oxygen atoms in total. The normalized spacial score (nSPS) is 24.3. The monoisotopic (exact) mass is 153 g/mol. The standard InChI is InChI=1S/C8H11NS/c1-6-4-8(10-5-6)7-2-3-9-7/h4-5,7,9H,2-3H2,1H3. The molecule has 0 saturated carbocycles. The average molecular weight is 153 g/mol. The molecule has 1 aliphatic heterocycles. The Morgan fingerprint density at radius 3 is 2.90 bits per heavy atom. The van der Waals surface area contributed by atoms with E-state index in [0.29, 0.717) is 6.04 Å². The van der Waals surface area contributed by atoms with Crippen molar-refractivity contribution in [3.63, 3.8) is 0 Å². The molecule has 0 bridgehead atoms. The summed E-state index contributed by atoms with van der Waals surface area (Å²) in [7, 11) is 0. The Bertz CT molecular complexity index is 225. The van der Waals surface area contributed by atoms with Crippen molar-refractivity contribution in [1.29, 1.82) is 0 Å². The van der Waals surface area contributed by atoms with Crippen LogP contribution >= 0.6 is 11.3 Å². The van der Waals surface area contributed by atoms with Gasteiger partial charge in [0.15, 0.2) is 0 Å². The number of nitrogens with one attached hydrogen (secondary N) is 1. The molecular weight excluding hydrogens is 142 g/mol. The van der Waals surface area contributed by atoms with Crippen molar-refractivity contribution in [3.8, 4) is 0 Å². The van der Waals surface area contributed by atoms with Gasteiger partial charge in [0.05, 0.1) is 0 Å². The van der Waals surface area contributed by atoms with E-state index >= 15 is 0 Å². The maximum Gasteiger partial charge on any atom is 0.0427 e. The third kappa shape index (κ3) is 0.976. The van der Waals surface area contributed by atoms with Crippen molar-refractivity contribution in [2.75, 3.05) is 6.54 Å². The van der Waals surface area contributed by atoms with Crippen LogP contribution in [0.1, 0.15) is 22.9 Å². The summed E-state index contributed by atoms with van der Waals surface area (Å²) in [5.41, 5.74) is 1.40. The molecule has 0 amide bonds. The summed E-state index contributed by atoms with van der Waals surface area (Å²) < 4.78 is 0. The summed E-state index contributed by atoms with van der Waals surface area (Å²) in [4.78, 5) is 1.50. The highest BCUT2D eigenvalue weighted by Gasteiger charge is 2.19. The van der Waals surface area contributed by atoms with Crippen LogP contribution in [0.5, 0.6) is 0 Å². The Morgan fingerprint density at radius 2 is 2.50 bits per heavy atom. The molecule has 10 heavy (non-hydrogen) atoms. The van der Waals surface area contributed by atoms with Gasteiger partial charge in [-0.3, -0.25) is 0 Å². The minimum Gasteiger partial charge on any atom is -0.309 e. The van der Waals surface area contributed by atoms with Gasteiger partial charge in [-0.1, -0.05) is 0 Å². The van der Waals surface area contributed by atoms with E-state index in [0.717, 1.165) is 0 Å². The Hall–Kier alpha value is -0.340. The number of hydrogen-bond acceptors (Lipinski definition) is 2. The summed E-state index contributed by atoms with van der Waals surface area (Å²) in [6.07, 6.45) is 1.32. The first kappa shape index (κ1) is 6.38. The molecule has 1 N–H and O–H groups in total. The Morgan fingerprint density at radius 1 is 1.70 bits per heavy atom. The van der Waals surface area contributed by atoms with Gasteiger partial charge in [0.1, 0.15) is 0 Å². The van der Waals surface area contributed by atoms with Crippen LogP contribution in [0.3, 0.4) is 0 Å². The molecule has 2 heteroatoms. The van der Waals surface area contributed by atoms with E-state index in [9.17, 15) is 0 Å². The molecule has 54 valence electrons. The highest BCUT2D eigenvalue weighted by atomic mass is 32.1. The van der Waals surface area contributed by atoms with Crippen molar-refractivity contribution >= 4 is 11.3 Å². The minimum absolute atomic E-state index is 0.679. The van der Waals surface area contributed by atoms with Gasteiger partial charge < -0.3 is 5.32 Å². The molecule has 1 aliphatic rings. The number of rotatable bonds is 1. The van der Waals surface area contributed by atoms with Gasteiger partial charge >= 0.3 is 0 Å². The van der Waals surface area contributed by atoms with Gasteiger partial charge in [0, 0.05) is 10.9 Å². The van der Waals surface area contributed by atoms with Gasteiger partial charge in [0.2, 0.25) is 0 Å². The van der Waals surface area contributed by atoms with E-state index in [1.807, 2.05) is 11.3 Å². The quantitative estimate of drug-likeness (QED) is 0.651. The Kier molecular flexibility index (Phi) is 1.51. The lowest BCUT2D eigenvalue weighted by Gasteiger charge is -2.26. The predicted molar refractivity (Wildman–Crippen MR) is 44.4 cm³/mol. The van der Waals surface area contributed by atoms with Gasteiger partial charge in [0.25, 0.3) is 0 Å². The van der Waals surface area contributed by atoms with Crippen LogP contribution in [0.4, 0.5) is 0 Å². The zero-order valence-electron chi connectivity index (χ0n) is 6.05. The second kappa shape index (κ2) is 2.36. The van der Waals surface area contributed by atoms with Crippen LogP contribution in [-0.4, -0.2) is 6.54 Å². The third-order valence-corrected chi connectivity index (χ3v) is 3.08. The lowest BCUT2D eigenvalue weighted by Crippen LogP contribution is -2.34. The van der Waals surface area contributed by atoms with Gasteiger partial charge in [-0.05, 0) is 36.9 Å². The number of aryl methyl sites for hydroxylation is 1. The molecular formula is C8H11NS. The molecule has 1 saturated heterocycles. The summed E-state index contributed by atoms with van der Waals surface area (Å²) >= 11 is 1.87. The first-order chi connectivity index (χ1) is 4.86. The van der Waals surface area contributed by atoms with Crippen LogP contribution in [0.25, 0.3) is 0 Å². The summed E-state index contributed by atoms with van der Waals surface area (Å²) in [5.74, 6) is 0. The van der Waals surface area contributed by atoms with Crippen molar-refractivity contribution in [2.24, 2.45) is 0 Å². The first-order valence-electron chi connectivity index (χ1n) is 3.65. The van der Waals surface area contributed by atoms with E-state index in [1.165, 1.54) is 23.4 Å². The fourth-order valence-corrected chi connectivity index (χ4v) is 2.18. The first-order valence-corrected chi connectivity index (χ1v) is 4.52. The Labute approximate surface area is 65.1 Å². The molecule has 1 aromatic rings. The van der Waals surface area contributed by atoms with E-state index in [1.54, 1.807) is 0 Å². The SMILES string of the molecule is Cc1csc(C2CCN2)c1. The van der Waals surface area contributed by atoms with E-state index in [-0.39, 0.29) is 0 Å². The molecule has 0 radical (unpaired) electrons. The second-order valence-electron chi connectivity index (χ2n) is 2.82. The zero-order chi connectivity index (χ0) is 6.97. The number of hydrogen-bond donors (Lipinski definition) is 1. The molecule has 1 aromatic heterocycles. The summed E-state index contributed by atoms with van der Waals surface area (Å²) in [6.45, 7) is 3.35. The molecule has 2 heterocycles. The second-order valence-corrected chi connectivity index (χ2v) is 3.76. The molecule has 1 atom stereocenters. The largest absolute Gasteiger partial charge is 0.309 e. The average Bonchev–Trinajstić information content (AvgIpc) is 2.10. The minimum atomic E-state index is 0.679. The van der Waals surface area contributed by atoms with Gasteiger partial charge in [-0.25, -0.2) is 0 Å². The van der Waals surface area contributed by atoms with E-state index in [2.05, 4.69) is 23.7 Å². The van der Waals surface area contributed by atoms with Crippen molar-refractivity contribution in [2.45, 2.75) is 19.4 Å². The molecule has 1 unspecified atom stereocenters. The van der Waals surface area contributed by atoms with E-state index in [4.69, 9.17) is 0 Å². The third-order valence-electron chi connectivity index (χ3n) is 1.92. The van der Waals surface area contributed by atoms with Crippen LogP contribution < -0.4 is 5.32 Å². The van der Waals surface area contributed by atoms with Crippen LogP contribution in [0, 0.1) is 6.92 Å². The van der Waals surface area contributed by atoms with Crippen LogP contribution in [-0.2, 0) is 0 Å². The fraction of sp³-hybridized carbons (Fsp3) is 0.500. The summed E-state index contributed by atoms with van der Waals surface area (Å²) in [5, 5.41) is 5.60. The smallest absolute Gasteiger partial charge is 0.0427 e. The highest BCUT2D eigenvalue weighted by molar-refractivity contribution is 7.10. The molecule has 0 aliphatic carbocycles. The maximum atomic E-state index is 3.39. The predicted octanol–water partition coefficient (Wildman–Crippen LogP) is 2.09. The lowest BCUT2D eigenvalue weighted by atomic mass is 10.1. The van der Waals surface area contributed by atoms with Crippen LogP contribution in [0.2, 0.25) is 0 Å². The molecule has 0 aromatic carbocycles. The zero-order valence-corrected chi connectivity index (χ0v) is 6.87. The molecule has 1 fully saturated rings. The topological polar surface area (TPSA) is 12.0 Å². The van der Waals surface area contributed by atoms with Gasteiger partial charge in [-0.15, -0.1) is 11.3 Å². The highest BCUT2D eigenvalue weighted by Crippen LogP contribution is 2.27. The van der Waals surface area contributed by atoms with Gasteiger partial charge in [-0.2, -0.15) is 0 Å². The molecule has 0 spiro atoms.